The van der Waals surface area contributed by atoms with Crippen LogP contribution in [0.4, 0.5) is 0 Å². The molecule has 0 aromatic rings. The fourth-order valence-corrected chi connectivity index (χ4v) is 2.91. The lowest BCUT2D eigenvalue weighted by molar-refractivity contribution is -0.150. The maximum absolute atomic E-state index is 11.5. The van der Waals surface area contributed by atoms with Crippen molar-refractivity contribution in [3.63, 3.8) is 0 Å². The number of likely N-dealkylation sites (tertiary alicyclic amines) is 1. The summed E-state index contributed by atoms with van der Waals surface area (Å²) < 4.78 is 0. The summed E-state index contributed by atoms with van der Waals surface area (Å²) in [7, 11) is 0. The Bertz CT molecular complexity index is 282. The van der Waals surface area contributed by atoms with Crippen LogP contribution in [0.25, 0.3) is 0 Å². The number of aliphatic carboxylic acids is 1. The molecule has 106 valence electrons. The van der Waals surface area contributed by atoms with Crippen molar-refractivity contribution in [2.75, 3.05) is 19.6 Å². The van der Waals surface area contributed by atoms with Gasteiger partial charge >= 0.3 is 5.97 Å². The summed E-state index contributed by atoms with van der Waals surface area (Å²) in [6.07, 6.45) is 5.06. The fourth-order valence-electron chi connectivity index (χ4n) is 2.91. The zero-order valence-corrected chi connectivity index (χ0v) is 12.5. The molecule has 1 rings (SSSR count). The van der Waals surface area contributed by atoms with Crippen LogP contribution in [-0.4, -0.2) is 35.6 Å². The number of hydrogen-bond donors (Lipinski definition) is 1. The second kappa shape index (κ2) is 6.05. The normalized spacial score (nSPS) is 21.6. The zero-order valence-electron chi connectivity index (χ0n) is 12.5. The van der Waals surface area contributed by atoms with E-state index in [4.69, 9.17) is 0 Å². The third-order valence-electron chi connectivity index (χ3n) is 4.77. The summed E-state index contributed by atoms with van der Waals surface area (Å²) >= 11 is 0. The van der Waals surface area contributed by atoms with E-state index in [1.165, 1.54) is 19.3 Å². The van der Waals surface area contributed by atoms with Crippen molar-refractivity contribution in [3.8, 4) is 0 Å². The molecule has 1 aliphatic rings. The molecule has 0 amide bonds. The van der Waals surface area contributed by atoms with Crippen LogP contribution in [0.3, 0.4) is 0 Å². The van der Waals surface area contributed by atoms with Gasteiger partial charge < -0.3 is 10.0 Å². The molecule has 1 fully saturated rings. The van der Waals surface area contributed by atoms with Crippen LogP contribution in [0.15, 0.2) is 0 Å². The summed E-state index contributed by atoms with van der Waals surface area (Å²) in [4.78, 5) is 13.9. The van der Waals surface area contributed by atoms with Crippen LogP contribution in [0.2, 0.25) is 0 Å². The topological polar surface area (TPSA) is 40.5 Å². The minimum atomic E-state index is -0.629. The highest BCUT2D eigenvalue weighted by Gasteiger charge is 2.37. The molecule has 0 atom stereocenters. The molecule has 3 heteroatoms. The van der Waals surface area contributed by atoms with Crippen LogP contribution >= 0.6 is 0 Å². The first-order valence-electron chi connectivity index (χ1n) is 7.31. The van der Waals surface area contributed by atoms with Crippen molar-refractivity contribution in [1.29, 1.82) is 0 Å². The number of hydrogen-bond acceptors (Lipinski definition) is 2. The molecule has 1 saturated heterocycles. The Balaban J connectivity index is 2.68. The molecule has 0 aromatic heterocycles. The van der Waals surface area contributed by atoms with Gasteiger partial charge in [0.1, 0.15) is 0 Å². The minimum absolute atomic E-state index is 0.416. The number of carbonyl (C=O) groups is 1. The van der Waals surface area contributed by atoms with Crippen LogP contribution in [0.1, 0.15) is 59.8 Å². The Morgan fingerprint density at radius 1 is 1.22 bits per heavy atom. The van der Waals surface area contributed by atoms with Crippen molar-refractivity contribution < 1.29 is 9.90 Å². The number of carboxylic acids is 1. The van der Waals surface area contributed by atoms with E-state index in [1.807, 2.05) is 13.8 Å². The summed E-state index contributed by atoms with van der Waals surface area (Å²) in [5.74, 6) is -0.629. The first-order valence-corrected chi connectivity index (χ1v) is 7.31. The van der Waals surface area contributed by atoms with Gasteiger partial charge in [0.05, 0.1) is 5.41 Å². The van der Waals surface area contributed by atoms with Gasteiger partial charge in [-0.15, -0.1) is 0 Å². The monoisotopic (exact) mass is 255 g/mol. The number of carboxylic acid groups (broad SMARTS) is 1. The SMILES string of the molecule is CCC(CC)(CN1CCCC(C)(C)CC1)C(=O)O. The molecule has 0 aromatic carbocycles. The molecule has 1 heterocycles. The van der Waals surface area contributed by atoms with Gasteiger partial charge in [0.25, 0.3) is 0 Å². The predicted molar refractivity (Wildman–Crippen MR) is 74.7 cm³/mol. The summed E-state index contributed by atoms with van der Waals surface area (Å²) in [6.45, 7) is 11.5. The van der Waals surface area contributed by atoms with E-state index in [1.54, 1.807) is 0 Å². The van der Waals surface area contributed by atoms with Crippen molar-refractivity contribution >= 4 is 5.97 Å². The molecule has 0 radical (unpaired) electrons. The Kier molecular flexibility index (Phi) is 5.20. The molecule has 0 spiro atoms. The zero-order chi connectivity index (χ0) is 13.8. The minimum Gasteiger partial charge on any atom is -0.481 e. The lowest BCUT2D eigenvalue weighted by Crippen LogP contribution is -2.43. The molecule has 1 N–H and O–H groups in total. The molecule has 0 unspecified atom stereocenters. The van der Waals surface area contributed by atoms with Crippen LogP contribution in [0.5, 0.6) is 0 Å². The van der Waals surface area contributed by atoms with Gasteiger partial charge in [-0.3, -0.25) is 4.79 Å². The van der Waals surface area contributed by atoms with E-state index in [0.29, 0.717) is 12.0 Å². The highest BCUT2D eigenvalue weighted by molar-refractivity contribution is 5.74. The van der Waals surface area contributed by atoms with Gasteiger partial charge in [-0.2, -0.15) is 0 Å². The van der Waals surface area contributed by atoms with Crippen molar-refractivity contribution in [1.82, 2.24) is 4.90 Å². The molecular formula is C15H29NO2. The smallest absolute Gasteiger partial charge is 0.310 e. The average Bonchev–Trinajstić information content (AvgIpc) is 2.47. The lowest BCUT2D eigenvalue weighted by atomic mass is 9.81. The average molecular weight is 255 g/mol. The third kappa shape index (κ3) is 3.71. The van der Waals surface area contributed by atoms with Gasteiger partial charge in [0.15, 0.2) is 0 Å². The number of rotatable bonds is 5. The molecule has 3 nitrogen and oxygen atoms in total. The maximum Gasteiger partial charge on any atom is 0.310 e. The van der Waals surface area contributed by atoms with Gasteiger partial charge in [-0.05, 0) is 50.6 Å². The summed E-state index contributed by atoms with van der Waals surface area (Å²) in [6, 6.07) is 0. The summed E-state index contributed by atoms with van der Waals surface area (Å²) in [5.41, 5.74) is -0.131. The Hall–Kier alpha value is -0.570. The molecule has 0 bridgehead atoms. The largest absolute Gasteiger partial charge is 0.481 e. The van der Waals surface area contributed by atoms with E-state index < -0.39 is 11.4 Å². The standard InChI is InChI=1S/C15H29NO2/c1-5-15(6-2,13(17)18)12-16-10-7-8-14(3,4)9-11-16/h5-12H2,1-4H3,(H,17,18). The van der Waals surface area contributed by atoms with Gasteiger partial charge in [-0.1, -0.05) is 27.7 Å². The second-order valence-electron chi connectivity index (χ2n) is 6.59. The predicted octanol–water partition coefficient (Wildman–Crippen LogP) is 3.39. The molecule has 0 saturated carbocycles. The quantitative estimate of drug-likeness (QED) is 0.818. The Morgan fingerprint density at radius 2 is 1.83 bits per heavy atom. The third-order valence-corrected chi connectivity index (χ3v) is 4.77. The van der Waals surface area contributed by atoms with Crippen molar-refractivity contribution in [2.24, 2.45) is 10.8 Å². The molecule has 1 aliphatic heterocycles. The van der Waals surface area contributed by atoms with E-state index in [9.17, 15) is 9.90 Å². The Morgan fingerprint density at radius 3 is 2.33 bits per heavy atom. The van der Waals surface area contributed by atoms with Crippen LogP contribution in [0, 0.1) is 10.8 Å². The summed E-state index contributed by atoms with van der Waals surface area (Å²) in [5, 5.41) is 9.50. The van der Waals surface area contributed by atoms with Gasteiger partial charge in [0.2, 0.25) is 0 Å². The van der Waals surface area contributed by atoms with Crippen LogP contribution in [-0.2, 0) is 4.79 Å². The highest BCUT2D eigenvalue weighted by Crippen LogP contribution is 2.33. The first kappa shape index (κ1) is 15.5. The molecule has 0 aliphatic carbocycles. The van der Waals surface area contributed by atoms with Crippen LogP contribution < -0.4 is 0 Å². The first-order chi connectivity index (χ1) is 8.35. The van der Waals surface area contributed by atoms with Gasteiger partial charge in [0, 0.05) is 6.54 Å². The maximum atomic E-state index is 11.5. The molecule has 18 heavy (non-hydrogen) atoms. The van der Waals surface area contributed by atoms with Crippen molar-refractivity contribution in [3.05, 3.63) is 0 Å². The van der Waals surface area contributed by atoms with E-state index >= 15 is 0 Å². The highest BCUT2D eigenvalue weighted by atomic mass is 16.4. The van der Waals surface area contributed by atoms with E-state index in [2.05, 4.69) is 18.7 Å². The van der Waals surface area contributed by atoms with Gasteiger partial charge in [-0.25, -0.2) is 0 Å². The van der Waals surface area contributed by atoms with E-state index in [-0.39, 0.29) is 0 Å². The number of nitrogens with zero attached hydrogens (tertiary/aromatic N) is 1. The second-order valence-corrected chi connectivity index (χ2v) is 6.59. The molecular weight excluding hydrogens is 226 g/mol. The van der Waals surface area contributed by atoms with Crippen molar-refractivity contribution in [2.45, 2.75) is 59.8 Å². The van der Waals surface area contributed by atoms with E-state index in [0.717, 1.165) is 25.9 Å². The lowest BCUT2D eigenvalue weighted by Gasteiger charge is -2.33. The fraction of sp³-hybridized carbons (Fsp3) is 0.933. The Labute approximate surface area is 112 Å².